The maximum Gasteiger partial charge on any atom is 0.138 e. The zero-order valence-electron chi connectivity index (χ0n) is 6.83. The molecule has 0 saturated carbocycles. The number of phenolic OH excluding ortho intramolecular Hbond substituents is 1. The van der Waals surface area contributed by atoms with Crippen molar-refractivity contribution in [3.05, 3.63) is 23.8 Å². The van der Waals surface area contributed by atoms with Crippen molar-refractivity contribution in [3.63, 3.8) is 0 Å². The van der Waals surface area contributed by atoms with Gasteiger partial charge in [-0.2, -0.15) is 0 Å². The second kappa shape index (κ2) is 2.82. The average Bonchev–Trinajstić information content (AvgIpc) is 1.94. The van der Waals surface area contributed by atoms with E-state index in [1.807, 2.05) is 19.9 Å². The van der Waals surface area contributed by atoms with Crippen molar-refractivity contribution in [3.8, 4) is 5.75 Å². The Kier molecular flexibility index (Phi) is 2.03. The largest absolute Gasteiger partial charge is 0.506 e. The number of phenols is 1. The monoisotopic (exact) mass is 151 g/mol. The van der Waals surface area contributed by atoms with Gasteiger partial charge in [0.25, 0.3) is 0 Å². The molecule has 0 radical (unpaired) electrons. The first-order chi connectivity index (χ1) is 5.13. The molecule has 11 heavy (non-hydrogen) atoms. The van der Waals surface area contributed by atoms with Crippen LogP contribution in [0, 0.1) is 0 Å². The van der Waals surface area contributed by atoms with Crippen LogP contribution in [-0.4, -0.2) is 5.11 Å². The first kappa shape index (κ1) is 7.92. The highest BCUT2D eigenvalue weighted by Crippen LogP contribution is 2.28. The van der Waals surface area contributed by atoms with Crippen molar-refractivity contribution in [2.45, 2.75) is 19.8 Å². The van der Waals surface area contributed by atoms with Gasteiger partial charge in [-0.15, -0.1) is 0 Å². The first-order valence-corrected chi connectivity index (χ1v) is 3.70. The van der Waals surface area contributed by atoms with Gasteiger partial charge in [0.2, 0.25) is 0 Å². The Morgan fingerprint density at radius 3 is 2.45 bits per heavy atom. The number of anilines is 1. The Bertz CT molecular complexity index is 256. The molecule has 0 saturated heterocycles. The molecule has 1 aromatic rings. The van der Waals surface area contributed by atoms with Crippen molar-refractivity contribution in [2.75, 3.05) is 5.73 Å². The van der Waals surface area contributed by atoms with Crippen LogP contribution in [0.25, 0.3) is 0 Å². The van der Waals surface area contributed by atoms with E-state index in [2.05, 4.69) is 0 Å². The summed E-state index contributed by atoms with van der Waals surface area (Å²) in [5.74, 6) is 0.540. The van der Waals surface area contributed by atoms with Gasteiger partial charge in [-0.25, -0.2) is 0 Å². The number of aromatic hydroxyl groups is 1. The first-order valence-electron chi connectivity index (χ1n) is 3.70. The fraction of sp³-hybridized carbons (Fsp3) is 0.333. The Morgan fingerprint density at radius 1 is 1.36 bits per heavy atom. The molecule has 0 spiro atoms. The molecule has 60 valence electrons. The van der Waals surface area contributed by atoms with Gasteiger partial charge in [0.1, 0.15) is 5.75 Å². The van der Waals surface area contributed by atoms with E-state index >= 15 is 0 Å². The summed E-state index contributed by atoms with van der Waals surface area (Å²) >= 11 is 0. The number of para-hydroxylation sites is 1. The third kappa shape index (κ3) is 1.45. The van der Waals surface area contributed by atoms with E-state index in [0.717, 1.165) is 5.56 Å². The second-order valence-corrected chi connectivity index (χ2v) is 2.93. The quantitative estimate of drug-likeness (QED) is 0.477. The van der Waals surface area contributed by atoms with E-state index in [-0.39, 0.29) is 5.75 Å². The molecule has 0 aromatic heterocycles. The lowest BCUT2D eigenvalue weighted by Crippen LogP contribution is -1.95. The van der Waals surface area contributed by atoms with E-state index < -0.39 is 0 Å². The number of hydrogen-bond acceptors (Lipinski definition) is 2. The molecule has 0 aliphatic carbocycles. The van der Waals surface area contributed by atoms with Crippen LogP contribution < -0.4 is 5.73 Å². The van der Waals surface area contributed by atoms with E-state index in [0.29, 0.717) is 11.6 Å². The van der Waals surface area contributed by atoms with Crippen LogP contribution in [0.4, 0.5) is 5.69 Å². The molecular weight excluding hydrogens is 138 g/mol. The molecule has 0 atom stereocenters. The molecule has 0 fully saturated rings. The van der Waals surface area contributed by atoms with Gasteiger partial charge in [0, 0.05) is 0 Å². The number of rotatable bonds is 1. The molecule has 0 amide bonds. The molecule has 0 heterocycles. The molecule has 0 unspecified atom stereocenters. The van der Waals surface area contributed by atoms with E-state index in [1.165, 1.54) is 0 Å². The van der Waals surface area contributed by atoms with Crippen molar-refractivity contribution in [2.24, 2.45) is 0 Å². The van der Waals surface area contributed by atoms with E-state index in [1.54, 1.807) is 12.1 Å². The predicted octanol–water partition coefficient (Wildman–Crippen LogP) is 2.10. The third-order valence-corrected chi connectivity index (χ3v) is 1.74. The summed E-state index contributed by atoms with van der Waals surface area (Å²) in [7, 11) is 0. The molecule has 2 nitrogen and oxygen atoms in total. The van der Waals surface area contributed by atoms with Crippen LogP contribution >= 0.6 is 0 Å². The summed E-state index contributed by atoms with van der Waals surface area (Å²) in [5, 5.41) is 9.22. The minimum absolute atomic E-state index is 0.177. The molecule has 3 N–H and O–H groups in total. The summed E-state index contributed by atoms with van der Waals surface area (Å²) < 4.78 is 0. The summed E-state index contributed by atoms with van der Waals surface area (Å²) in [5.41, 5.74) is 7.14. The highest BCUT2D eigenvalue weighted by atomic mass is 16.3. The van der Waals surface area contributed by atoms with Gasteiger partial charge < -0.3 is 10.8 Å². The van der Waals surface area contributed by atoms with Gasteiger partial charge in [-0.1, -0.05) is 26.0 Å². The third-order valence-electron chi connectivity index (χ3n) is 1.74. The summed E-state index contributed by atoms with van der Waals surface area (Å²) in [6.45, 7) is 4.09. The smallest absolute Gasteiger partial charge is 0.138 e. The minimum atomic E-state index is 0.177. The van der Waals surface area contributed by atoms with Gasteiger partial charge in [-0.05, 0) is 17.5 Å². The standard InChI is InChI=1S/C9H13NO/c1-6(2)7-4-3-5-8(11)9(7)10/h3-6,11H,10H2,1-2H3. The van der Waals surface area contributed by atoms with Crippen molar-refractivity contribution < 1.29 is 5.11 Å². The zero-order chi connectivity index (χ0) is 8.43. The summed E-state index contributed by atoms with van der Waals surface area (Å²) in [6.07, 6.45) is 0. The van der Waals surface area contributed by atoms with Gasteiger partial charge in [0.05, 0.1) is 5.69 Å². The highest BCUT2D eigenvalue weighted by molar-refractivity contribution is 5.58. The Hall–Kier alpha value is -1.18. The van der Waals surface area contributed by atoms with Crippen LogP contribution in [0.2, 0.25) is 0 Å². The van der Waals surface area contributed by atoms with Crippen molar-refractivity contribution in [1.29, 1.82) is 0 Å². The fourth-order valence-electron chi connectivity index (χ4n) is 1.07. The Balaban J connectivity index is 3.17. The lowest BCUT2D eigenvalue weighted by molar-refractivity contribution is 0.477. The lowest BCUT2D eigenvalue weighted by Gasteiger charge is -2.09. The summed E-state index contributed by atoms with van der Waals surface area (Å²) in [6, 6.07) is 5.34. The van der Waals surface area contributed by atoms with Gasteiger partial charge >= 0.3 is 0 Å². The second-order valence-electron chi connectivity index (χ2n) is 2.93. The van der Waals surface area contributed by atoms with Crippen molar-refractivity contribution >= 4 is 5.69 Å². The highest BCUT2D eigenvalue weighted by Gasteiger charge is 2.05. The number of hydrogen-bond donors (Lipinski definition) is 2. The lowest BCUT2D eigenvalue weighted by atomic mass is 10.0. The molecule has 1 aromatic carbocycles. The summed E-state index contributed by atoms with van der Waals surface area (Å²) in [4.78, 5) is 0. The average molecular weight is 151 g/mol. The molecule has 1 rings (SSSR count). The number of nitrogen functional groups attached to an aromatic ring is 1. The SMILES string of the molecule is CC(C)c1cccc(O)c1N. The van der Waals surface area contributed by atoms with Gasteiger partial charge in [-0.3, -0.25) is 0 Å². The van der Waals surface area contributed by atoms with Crippen LogP contribution in [-0.2, 0) is 0 Å². The molecule has 0 bridgehead atoms. The Labute approximate surface area is 66.7 Å². The zero-order valence-corrected chi connectivity index (χ0v) is 6.83. The minimum Gasteiger partial charge on any atom is -0.506 e. The van der Waals surface area contributed by atoms with Crippen LogP contribution in [0.5, 0.6) is 5.75 Å². The number of nitrogens with two attached hydrogens (primary N) is 1. The normalized spacial score (nSPS) is 10.5. The molecule has 2 heteroatoms. The van der Waals surface area contributed by atoms with Crippen LogP contribution in [0.15, 0.2) is 18.2 Å². The predicted molar refractivity (Wildman–Crippen MR) is 46.6 cm³/mol. The maximum atomic E-state index is 9.22. The number of benzene rings is 1. The maximum absolute atomic E-state index is 9.22. The van der Waals surface area contributed by atoms with E-state index in [4.69, 9.17) is 5.73 Å². The van der Waals surface area contributed by atoms with Gasteiger partial charge in [0.15, 0.2) is 0 Å². The van der Waals surface area contributed by atoms with Crippen molar-refractivity contribution in [1.82, 2.24) is 0 Å². The Morgan fingerprint density at radius 2 is 2.00 bits per heavy atom. The van der Waals surface area contributed by atoms with Crippen LogP contribution in [0.3, 0.4) is 0 Å². The topological polar surface area (TPSA) is 46.2 Å². The molecular formula is C9H13NO. The molecule has 0 aliphatic rings. The van der Waals surface area contributed by atoms with E-state index in [9.17, 15) is 5.11 Å². The fourth-order valence-corrected chi connectivity index (χ4v) is 1.07. The molecule has 0 aliphatic heterocycles. The van der Waals surface area contributed by atoms with Crippen LogP contribution in [0.1, 0.15) is 25.3 Å².